The number of aliphatic imine (C=N–C) groups is 1. The van der Waals surface area contributed by atoms with Gasteiger partial charge >= 0.3 is 0 Å². The Morgan fingerprint density at radius 3 is 2.73 bits per heavy atom. The molecule has 1 N–H and O–H groups in total. The van der Waals surface area contributed by atoms with Crippen molar-refractivity contribution in [3.63, 3.8) is 0 Å². The highest BCUT2D eigenvalue weighted by molar-refractivity contribution is 5.80. The lowest BCUT2D eigenvalue weighted by Gasteiger charge is -2.38. The molecule has 1 aliphatic heterocycles. The Morgan fingerprint density at radius 1 is 1.35 bits per heavy atom. The maximum absolute atomic E-state index is 13.2. The van der Waals surface area contributed by atoms with Crippen LogP contribution in [0.5, 0.6) is 0 Å². The van der Waals surface area contributed by atoms with Crippen molar-refractivity contribution >= 4 is 5.96 Å². The molecule has 5 nitrogen and oxygen atoms in total. The van der Waals surface area contributed by atoms with Gasteiger partial charge in [-0.15, -0.1) is 0 Å². The molecule has 2 unspecified atom stereocenters. The minimum Gasteiger partial charge on any atom is -0.381 e. The van der Waals surface area contributed by atoms with Crippen LogP contribution in [0.15, 0.2) is 29.3 Å². The number of nitrogens with zero attached hydrogens (tertiary/aromatic N) is 2. The molecule has 1 aromatic rings. The average Bonchev–Trinajstić information content (AvgIpc) is 2.61. The minimum absolute atomic E-state index is 0.0757. The molecule has 1 aromatic carbocycles. The van der Waals surface area contributed by atoms with E-state index in [1.165, 1.54) is 12.1 Å². The van der Waals surface area contributed by atoms with Crippen LogP contribution in [0.1, 0.15) is 38.9 Å². The van der Waals surface area contributed by atoms with Crippen molar-refractivity contribution in [2.75, 3.05) is 39.9 Å². The zero-order chi connectivity index (χ0) is 18.9. The van der Waals surface area contributed by atoms with Crippen molar-refractivity contribution < 1.29 is 13.9 Å². The van der Waals surface area contributed by atoms with E-state index < -0.39 is 0 Å². The van der Waals surface area contributed by atoms with Crippen LogP contribution in [0.3, 0.4) is 0 Å². The van der Waals surface area contributed by atoms with Gasteiger partial charge in [-0.2, -0.15) is 0 Å². The molecule has 6 heteroatoms. The van der Waals surface area contributed by atoms with Crippen LogP contribution in [0, 0.1) is 11.7 Å². The number of guanidine groups is 1. The Hall–Kier alpha value is -1.66. The third-order valence-electron chi connectivity index (χ3n) is 4.21. The van der Waals surface area contributed by atoms with E-state index in [4.69, 9.17) is 9.47 Å². The monoisotopic (exact) mass is 365 g/mol. The van der Waals surface area contributed by atoms with Crippen LogP contribution in [-0.2, 0) is 9.47 Å². The first-order valence-electron chi connectivity index (χ1n) is 9.44. The van der Waals surface area contributed by atoms with E-state index in [2.05, 4.69) is 36.0 Å². The molecule has 0 radical (unpaired) electrons. The summed E-state index contributed by atoms with van der Waals surface area (Å²) in [6.07, 6.45) is 0.923. The molecule has 0 amide bonds. The Balaban J connectivity index is 1.85. The molecule has 0 bridgehead atoms. The lowest BCUT2D eigenvalue weighted by molar-refractivity contribution is -0.0605. The van der Waals surface area contributed by atoms with E-state index in [0.717, 1.165) is 44.2 Å². The molecule has 2 rings (SSSR count). The summed E-state index contributed by atoms with van der Waals surface area (Å²) in [6, 6.07) is 6.54. The summed E-state index contributed by atoms with van der Waals surface area (Å²) in [5.41, 5.74) is 0.987. The van der Waals surface area contributed by atoms with E-state index in [9.17, 15) is 4.39 Å². The van der Waals surface area contributed by atoms with E-state index >= 15 is 0 Å². The number of morpholine rings is 1. The summed E-state index contributed by atoms with van der Waals surface area (Å²) >= 11 is 0. The van der Waals surface area contributed by atoms with Crippen LogP contribution < -0.4 is 5.32 Å². The SMILES string of the molecule is CN=C(NCCCOCC(C)C)N1CC(C)OC(c2ccc(F)cc2)C1. The molecular weight excluding hydrogens is 333 g/mol. The normalized spacial score (nSPS) is 21.3. The van der Waals surface area contributed by atoms with Crippen molar-refractivity contribution in [1.29, 1.82) is 0 Å². The number of nitrogens with one attached hydrogen (secondary N) is 1. The van der Waals surface area contributed by atoms with Gasteiger partial charge < -0.3 is 19.7 Å². The van der Waals surface area contributed by atoms with Crippen LogP contribution in [0.2, 0.25) is 0 Å². The summed E-state index contributed by atoms with van der Waals surface area (Å²) in [5, 5.41) is 3.41. The fraction of sp³-hybridized carbons (Fsp3) is 0.650. The highest BCUT2D eigenvalue weighted by atomic mass is 19.1. The fourth-order valence-electron chi connectivity index (χ4n) is 3.01. The summed E-state index contributed by atoms with van der Waals surface area (Å²) in [4.78, 5) is 6.62. The zero-order valence-corrected chi connectivity index (χ0v) is 16.4. The lowest BCUT2D eigenvalue weighted by atomic mass is 10.1. The molecule has 26 heavy (non-hydrogen) atoms. The van der Waals surface area contributed by atoms with E-state index in [0.29, 0.717) is 12.5 Å². The molecule has 0 aliphatic carbocycles. The summed E-state index contributed by atoms with van der Waals surface area (Å²) in [5.74, 6) is 1.21. The topological polar surface area (TPSA) is 46.1 Å². The van der Waals surface area contributed by atoms with Gasteiger partial charge in [0.2, 0.25) is 0 Å². The van der Waals surface area contributed by atoms with Gasteiger partial charge in [0, 0.05) is 33.4 Å². The molecule has 0 aromatic heterocycles. The van der Waals surface area contributed by atoms with Crippen molar-refractivity contribution in [2.45, 2.75) is 39.4 Å². The molecule has 1 heterocycles. The smallest absolute Gasteiger partial charge is 0.193 e. The van der Waals surface area contributed by atoms with Crippen LogP contribution in [-0.4, -0.2) is 56.9 Å². The molecule has 1 aliphatic rings. The number of hydrogen-bond donors (Lipinski definition) is 1. The lowest BCUT2D eigenvalue weighted by Crippen LogP contribution is -2.50. The fourth-order valence-corrected chi connectivity index (χ4v) is 3.01. The maximum Gasteiger partial charge on any atom is 0.193 e. The van der Waals surface area contributed by atoms with Crippen LogP contribution in [0.25, 0.3) is 0 Å². The second-order valence-electron chi connectivity index (χ2n) is 7.19. The van der Waals surface area contributed by atoms with Gasteiger partial charge in [-0.1, -0.05) is 26.0 Å². The number of halogens is 1. The quantitative estimate of drug-likeness (QED) is 0.458. The number of ether oxygens (including phenoxy) is 2. The Kier molecular flexibility index (Phi) is 8.32. The molecule has 2 atom stereocenters. The molecular formula is C20H32FN3O2. The van der Waals surface area contributed by atoms with Gasteiger partial charge in [0.15, 0.2) is 5.96 Å². The number of rotatable bonds is 7. The molecule has 0 saturated carbocycles. The van der Waals surface area contributed by atoms with E-state index in [-0.39, 0.29) is 18.0 Å². The molecule has 1 fully saturated rings. The number of benzene rings is 1. The largest absolute Gasteiger partial charge is 0.381 e. The first-order chi connectivity index (χ1) is 12.5. The summed E-state index contributed by atoms with van der Waals surface area (Å²) in [6.45, 7) is 10.2. The molecule has 0 spiro atoms. The highest BCUT2D eigenvalue weighted by Crippen LogP contribution is 2.25. The highest BCUT2D eigenvalue weighted by Gasteiger charge is 2.28. The van der Waals surface area contributed by atoms with E-state index in [1.807, 2.05) is 0 Å². The van der Waals surface area contributed by atoms with Gasteiger partial charge in [0.25, 0.3) is 0 Å². The first kappa shape index (κ1) is 20.6. The van der Waals surface area contributed by atoms with Crippen molar-refractivity contribution in [3.05, 3.63) is 35.6 Å². The Labute approximate surface area is 156 Å². The third-order valence-corrected chi connectivity index (χ3v) is 4.21. The number of hydrogen-bond acceptors (Lipinski definition) is 3. The summed E-state index contributed by atoms with van der Waals surface area (Å²) < 4.78 is 24.8. The first-order valence-corrected chi connectivity index (χ1v) is 9.44. The van der Waals surface area contributed by atoms with Crippen LogP contribution >= 0.6 is 0 Å². The standard InChI is InChI=1S/C20H32FN3O2/c1-15(2)14-25-11-5-10-23-20(22-4)24-12-16(3)26-19(13-24)17-6-8-18(21)9-7-17/h6-9,15-16,19H,5,10-14H2,1-4H3,(H,22,23). The maximum atomic E-state index is 13.2. The zero-order valence-electron chi connectivity index (χ0n) is 16.4. The van der Waals surface area contributed by atoms with Crippen molar-refractivity contribution in [1.82, 2.24) is 10.2 Å². The van der Waals surface area contributed by atoms with Gasteiger partial charge in [-0.25, -0.2) is 4.39 Å². The van der Waals surface area contributed by atoms with Crippen LogP contribution in [0.4, 0.5) is 4.39 Å². The Bertz CT molecular complexity index is 563. The average molecular weight is 365 g/mol. The third kappa shape index (κ3) is 6.57. The molecule has 146 valence electrons. The Morgan fingerprint density at radius 2 is 2.08 bits per heavy atom. The van der Waals surface area contributed by atoms with Crippen molar-refractivity contribution in [3.8, 4) is 0 Å². The van der Waals surface area contributed by atoms with Gasteiger partial charge in [0.1, 0.15) is 11.9 Å². The second-order valence-corrected chi connectivity index (χ2v) is 7.19. The summed E-state index contributed by atoms with van der Waals surface area (Å²) in [7, 11) is 1.80. The minimum atomic E-state index is -0.230. The van der Waals surface area contributed by atoms with Gasteiger partial charge in [-0.05, 0) is 37.0 Å². The van der Waals surface area contributed by atoms with Crippen molar-refractivity contribution in [2.24, 2.45) is 10.9 Å². The second kappa shape index (κ2) is 10.5. The predicted octanol–water partition coefficient (Wildman–Crippen LogP) is 3.23. The van der Waals surface area contributed by atoms with Gasteiger partial charge in [-0.3, -0.25) is 4.99 Å². The van der Waals surface area contributed by atoms with Gasteiger partial charge in [0.05, 0.1) is 12.6 Å². The molecule has 1 saturated heterocycles. The predicted molar refractivity (Wildman–Crippen MR) is 103 cm³/mol. The van der Waals surface area contributed by atoms with E-state index in [1.54, 1.807) is 19.2 Å².